The van der Waals surface area contributed by atoms with Crippen molar-refractivity contribution in [2.24, 2.45) is 0 Å². The van der Waals surface area contributed by atoms with Crippen LogP contribution in [0.15, 0.2) is 24.3 Å². The third-order valence-electron chi connectivity index (χ3n) is 3.85. The first kappa shape index (κ1) is 15.8. The number of hydrogen-bond acceptors (Lipinski definition) is 5. The zero-order chi connectivity index (χ0) is 15.2. The highest BCUT2D eigenvalue weighted by atomic mass is 16.6. The Bertz CT molecular complexity index is 478. The lowest BCUT2D eigenvalue weighted by Gasteiger charge is -2.31. The Labute approximate surface area is 126 Å². The van der Waals surface area contributed by atoms with Crippen molar-refractivity contribution in [2.75, 3.05) is 38.6 Å². The van der Waals surface area contributed by atoms with Crippen LogP contribution in [0.3, 0.4) is 0 Å². The number of nitrogen functional groups attached to an aromatic ring is 1. The molecule has 1 heterocycles. The molecule has 1 fully saturated rings. The van der Waals surface area contributed by atoms with Crippen molar-refractivity contribution in [2.45, 2.75) is 25.9 Å². The maximum absolute atomic E-state index is 12.1. The van der Waals surface area contributed by atoms with Gasteiger partial charge in [-0.05, 0) is 31.2 Å². The molecule has 5 nitrogen and oxygen atoms in total. The molecule has 2 unspecified atom stereocenters. The molecule has 0 amide bonds. The lowest BCUT2D eigenvalue weighted by molar-refractivity contribution is -0.151. The third-order valence-corrected chi connectivity index (χ3v) is 3.85. The molecule has 2 rings (SSSR count). The van der Waals surface area contributed by atoms with Gasteiger partial charge in [-0.15, -0.1) is 0 Å². The van der Waals surface area contributed by atoms with Gasteiger partial charge >= 0.3 is 5.97 Å². The highest BCUT2D eigenvalue weighted by molar-refractivity contribution is 5.78. The Kier molecular flexibility index (Phi) is 5.59. The van der Waals surface area contributed by atoms with Crippen LogP contribution in [0.5, 0.6) is 0 Å². The number of rotatable bonds is 5. The summed E-state index contributed by atoms with van der Waals surface area (Å²) in [5, 5.41) is 0. The summed E-state index contributed by atoms with van der Waals surface area (Å²) in [6, 6.07) is 7.34. The summed E-state index contributed by atoms with van der Waals surface area (Å²) in [5.41, 5.74) is 7.27. The molecule has 5 heteroatoms. The van der Waals surface area contributed by atoms with E-state index in [4.69, 9.17) is 15.2 Å². The van der Waals surface area contributed by atoms with E-state index in [1.165, 1.54) is 0 Å². The minimum absolute atomic E-state index is 0.0318. The summed E-state index contributed by atoms with van der Waals surface area (Å²) in [5.74, 6) is -0.558. The second-order valence-corrected chi connectivity index (χ2v) is 5.41. The summed E-state index contributed by atoms with van der Waals surface area (Å²) in [6.07, 6.45) is -0.0318. The molecule has 1 aromatic rings. The molecule has 0 aliphatic carbocycles. The highest BCUT2D eigenvalue weighted by Gasteiger charge is 2.23. The van der Waals surface area contributed by atoms with Crippen molar-refractivity contribution in [1.82, 2.24) is 4.90 Å². The molecule has 0 radical (unpaired) electrons. The Morgan fingerprint density at radius 2 is 2.38 bits per heavy atom. The summed E-state index contributed by atoms with van der Waals surface area (Å²) in [4.78, 5) is 14.4. The van der Waals surface area contributed by atoms with Crippen molar-refractivity contribution in [3.05, 3.63) is 29.8 Å². The van der Waals surface area contributed by atoms with Gasteiger partial charge < -0.3 is 15.2 Å². The first-order valence-corrected chi connectivity index (χ1v) is 7.46. The van der Waals surface area contributed by atoms with Crippen molar-refractivity contribution in [1.29, 1.82) is 0 Å². The number of hydrogen-bond donors (Lipinski definition) is 1. The van der Waals surface area contributed by atoms with Crippen LogP contribution in [-0.4, -0.2) is 49.8 Å². The van der Waals surface area contributed by atoms with E-state index in [2.05, 4.69) is 11.8 Å². The Hall–Kier alpha value is -1.59. The van der Waals surface area contributed by atoms with E-state index in [0.29, 0.717) is 18.9 Å². The van der Waals surface area contributed by atoms with E-state index >= 15 is 0 Å². The first-order chi connectivity index (χ1) is 10.1. The predicted octanol–water partition coefficient (Wildman–Crippen LogP) is 1.64. The van der Waals surface area contributed by atoms with Crippen molar-refractivity contribution in [3.8, 4) is 0 Å². The van der Waals surface area contributed by atoms with Gasteiger partial charge in [-0.3, -0.25) is 9.69 Å². The predicted molar refractivity (Wildman–Crippen MR) is 82.1 cm³/mol. The number of nitrogens with two attached hydrogens (primary N) is 1. The highest BCUT2D eigenvalue weighted by Crippen LogP contribution is 2.19. The maximum Gasteiger partial charge on any atom is 0.313 e. The number of esters is 1. The van der Waals surface area contributed by atoms with Gasteiger partial charge in [-0.1, -0.05) is 19.1 Å². The summed E-state index contributed by atoms with van der Waals surface area (Å²) < 4.78 is 11.0. The lowest BCUT2D eigenvalue weighted by atomic mass is 10.0. The fourth-order valence-corrected chi connectivity index (χ4v) is 2.43. The summed E-state index contributed by atoms with van der Waals surface area (Å²) >= 11 is 0. The molecule has 0 bridgehead atoms. The van der Waals surface area contributed by atoms with Crippen LogP contribution in [0.1, 0.15) is 25.3 Å². The molecule has 1 aliphatic rings. The van der Waals surface area contributed by atoms with Crippen LogP contribution in [-0.2, 0) is 14.3 Å². The molecule has 0 spiro atoms. The van der Waals surface area contributed by atoms with Gasteiger partial charge in [-0.2, -0.15) is 0 Å². The zero-order valence-electron chi connectivity index (χ0n) is 12.7. The van der Waals surface area contributed by atoms with Gasteiger partial charge in [0.05, 0.1) is 12.5 Å². The van der Waals surface area contributed by atoms with Crippen molar-refractivity contribution >= 4 is 11.7 Å². The minimum Gasteiger partial charge on any atom is -0.462 e. The number of morpholine rings is 1. The zero-order valence-corrected chi connectivity index (χ0v) is 12.7. The average molecular weight is 292 g/mol. The van der Waals surface area contributed by atoms with Crippen LogP contribution in [0.4, 0.5) is 5.69 Å². The van der Waals surface area contributed by atoms with Gasteiger partial charge in [0, 0.05) is 18.8 Å². The van der Waals surface area contributed by atoms with Gasteiger partial charge in [0.25, 0.3) is 0 Å². The SMILES string of the molecule is CCN1CCOC(COC(=O)C(C)c2cccc(N)c2)C1. The fraction of sp³-hybridized carbons (Fsp3) is 0.562. The van der Waals surface area contributed by atoms with Crippen LogP contribution < -0.4 is 5.73 Å². The topological polar surface area (TPSA) is 64.8 Å². The van der Waals surface area contributed by atoms with Crippen molar-refractivity contribution < 1.29 is 14.3 Å². The fourth-order valence-electron chi connectivity index (χ4n) is 2.43. The maximum atomic E-state index is 12.1. The van der Waals surface area contributed by atoms with Gasteiger partial charge in [0.15, 0.2) is 0 Å². The van der Waals surface area contributed by atoms with E-state index < -0.39 is 0 Å². The van der Waals surface area contributed by atoms with Gasteiger partial charge in [0.2, 0.25) is 0 Å². The molecule has 1 saturated heterocycles. The van der Waals surface area contributed by atoms with Gasteiger partial charge in [0.1, 0.15) is 12.7 Å². The number of likely N-dealkylation sites (N-methyl/N-ethyl adjacent to an activating group) is 1. The van der Waals surface area contributed by atoms with Gasteiger partial charge in [-0.25, -0.2) is 0 Å². The van der Waals surface area contributed by atoms with E-state index in [0.717, 1.165) is 25.2 Å². The normalized spacial score (nSPS) is 21.0. The molecule has 2 atom stereocenters. The summed E-state index contributed by atoms with van der Waals surface area (Å²) in [7, 11) is 0. The molecular formula is C16H24N2O3. The Morgan fingerprint density at radius 3 is 3.10 bits per heavy atom. The van der Waals surface area contributed by atoms with Crippen LogP contribution >= 0.6 is 0 Å². The summed E-state index contributed by atoms with van der Waals surface area (Å²) in [6.45, 7) is 7.71. The molecule has 21 heavy (non-hydrogen) atoms. The number of benzene rings is 1. The largest absolute Gasteiger partial charge is 0.462 e. The smallest absolute Gasteiger partial charge is 0.313 e. The van der Waals surface area contributed by atoms with E-state index in [1.54, 1.807) is 6.07 Å². The van der Waals surface area contributed by atoms with E-state index in [-0.39, 0.29) is 18.0 Å². The van der Waals surface area contributed by atoms with E-state index in [1.807, 2.05) is 25.1 Å². The van der Waals surface area contributed by atoms with Crippen LogP contribution in [0, 0.1) is 0 Å². The number of carbonyl (C=O) groups is 1. The molecule has 1 aliphatic heterocycles. The Balaban J connectivity index is 1.84. The lowest BCUT2D eigenvalue weighted by Crippen LogP contribution is -2.44. The molecule has 0 aromatic heterocycles. The Morgan fingerprint density at radius 1 is 1.57 bits per heavy atom. The third kappa shape index (κ3) is 4.44. The van der Waals surface area contributed by atoms with Crippen molar-refractivity contribution in [3.63, 3.8) is 0 Å². The minimum atomic E-state index is -0.320. The first-order valence-electron chi connectivity index (χ1n) is 7.46. The van der Waals surface area contributed by atoms with Crippen LogP contribution in [0.2, 0.25) is 0 Å². The monoisotopic (exact) mass is 292 g/mol. The second kappa shape index (κ2) is 7.43. The molecule has 2 N–H and O–H groups in total. The number of anilines is 1. The average Bonchev–Trinajstić information content (AvgIpc) is 2.52. The number of nitrogens with zero attached hydrogens (tertiary/aromatic N) is 1. The number of ether oxygens (including phenoxy) is 2. The molecular weight excluding hydrogens is 268 g/mol. The quantitative estimate of drug-likeness (QED) is 0.660. The van der Waals surface area contributed by atoms with Crippen LogP contribution in [0.25, 0.3) is 0 Å². The second-order valence-electron chi connectivity index (χ2n) is 5.41. The molecule has 0 saturated carbocycles. The number of carbonyl (C=O) groups excluding carboxylic acids is 1. The standard InChI is InChI=1S/C16H24N2O3/c1-3-18-7-8-20-15(10-18)11-21-16(19)12(2)13-5-4-6-14(17)9-13/h4-6,9,12,15H,3,7-8,10-11,17H2,1-2H3. The van der Waals surface area contributed by atoms with E-state index in [9.17, 15) is 4.79 Å². The molecule has 1 aromatic carbocycles. The molecule has 116 valence electrons.